The van der Waals surface area contributed by atoms with Crippen LogP contribution in [0.1, 0.15) is 17.3 Å². The van der Waals surface area contributed by atoms with E-state index < -0.39 is 6.36 Å². The summed E-state index contributed by atoms with van der Waals surface area (Å²) in [5.41, 5.74) is 3.44. The molecule has 0 bridgehead atoms. The molecule has 0 saturated carbocycles. The maximum Gasteiger partial charge on any atom is 0.573 e. The van der Waals surface area contributed by atoms with Gasteiger partial charge in [-0.2, -0.15) is 0 Å². The van der Waals surface area contributed by atoms with Crippen LogP contribution in [-0.4, -0.2) is 18.5 Å². The van der Waals surface area contributed by atoms with Crippen LogP contribution in [0, 0.1) is 0 Å². The number of aliphatic hydroxyl groups excluding tert-OH is 1. The van der Waals surface area contributed by atoms with Gasteiger partial charge in [0.25, 0.3) is 0 Å². The molecule has 1 atom stereocenters. The van der Waals surface area contributed by atoms with E-state index in [9.17, 15) is 18.3 Å². The average molecular weight is 324 g/mol. The third-order valence-electron chi connectivity index (χ3n) is 3.73. The Kier molecular flexibility index (Phi) is 3.81. The Hall–Kier alpha value is -2.41. The number of benzene rings is 2. The highest BCUT2D eigenvalue weighted by Gasteiger charge is 2.31. The second kappa shape index (κ2) is 5.66. The van der Waals surface area contributed by atoms with Crippen LogP contribution in [0.15, 0.2) is 42.5 Å². The zero-order valence-corrected chi connectivity index (χ0v) is 12.3. The molecule has 1 aliphatic rings. The van der Waals surface area contributed by atoms with Crippen molar-refractivity contribution in [2.24, 2.45) is 0 Å². The Balaban J connectivity index is 1.81. The summed E-state index contributed by atoms with van der Waals surface area (Å²) in [6.45, 7) is -0.0464. The van der Waals surface area contributed by atoms with Crippen LogP contribution < -0.4 is 15.0 Å². The van der Waals surface area contributed by atoms with Crippen LogP contribution in [0.4, 0.5) is 24.5 Å². The smallest absolute Gasteiger partial charge is 0.406 e. The number of nitrogens with one attached hydrogen (secondary N) is 1. The first-order chi connectivity index (χ1) is 10.9. The largest absolute Gasteiger partial charge is 0.573 e. The SMILES string of the molecule is CN1c2cc(CO)ccc2NC1c1ccc(OC(F)(F)F)cc1. The Morgan fingerprint density at radius 1 is 1.17 bits per heavy atom. The fraction of sp³-hybridized carbons (Fsp3) is 0.250. The molecule has 0 amide bonds. The number of rotatable bonds is 3. The Morgan fingerprint density at radius 3 is 2.48 bits per heavy atom. The molecule has 122 valence electrons. The molecule has 0 aliphatic carbocycles. The molecule has 1 aliphatic heterocycles. The van der Waals surface area contributed by atoms with Crippen LogP contribution in [0.5, 0.6) is 5.75 Å². The van der Waals surface area contributed by atoms with Crippen molar-refractivity contribution in [3.8, 4) is 5.75 Å². The minimum absolute atomic E-state index is 0.0464. The topological polar surface area (TPSA) is 44.7 Å². The number of hydrogen-bond donors (Lipinski definition) is 2. The molecule has 2 aromatic carbocycles. The monoisotopic (exact) mass is 324 g/mol. The lowest BCUT2D eigenvalue weighted by atomic mass is 10.1. The van der Waals surface area contributed by atoms with Gasteiger partial charge in [0.2, 0.25) is 0 Å². The molecular weight excluding hydrogens is 309 g/mol. The van der Waals surface area contributed by atoms with Gasteiger partial charge < -0.3 is 20.1 Å². The van der Waals surface area contributed by atoms with E-state index in [1.54, 1.807) is 12.1 Å². The second-order valence-electron chi connectivity index (χ2n) is 5.28. The lowest BCUT2D eigenvalue weighted by molar-refractivity contribution is -0.274. The third kappa shape index (κ3) is 3.19. The molecule has 2 aromatic rings. The molecule has 7 heteroatoms. The zero-order valence-electron chi connectivity index (χ0n) is 12.3. The fourth-order valence-corrected chi connectivity index (χ4v) is 2.63. The Bertz CT molecular complexity index is 701. The number of alkyl halides is 3. The quantitative estimate of drug-likeness (QED) is 0.905. The van der Waals surface area contributed by atoms with Gasteiger partial charge in [0.1, 0.15) is 11.9 Å². The summed E-state index contributed by atoms with van der Waals surface area (Å²) in [5.74, 6) is -0.248. The number of aliphatic hydroxyl groups is 1. The van der Waals surface area contributed by atoms with Crippen LogP contribution in [0.3, 0.4) is 0 Å². The third-order valence-corrected chi connectivity index (χ3v) is 3.73. The van der Waals surface area contributed by atoms with Crippen molar-refractivity contribution in [3.63, 3.8) is 0 Å². The molecule has 0 spiro atoms. The van der Waals surface area contributed by atoms with Crippen LogP contribution in [0.2, 0.25) is 0 Å². The first kappa shape index (κ1) is 15.5. The normalized spacial score (nSPS) is 16.9. The number of fused-ring (bicyclic) bond motifs is 1. The van der Waals surface area contributed by atoms with Crippen molar-refractivity contribution in [3.05, 3.63) is 53.6 Å². The highest BCUT2D eigenvalue weighted by atomic mass is 19.4. The molecule has 23 heavy (non-hydrogen) atoms. The molecule has 0 radical (unpaired) electrons. The lowest BCUT2D eigenvalue weighted by Gasteiger charge is -2.23. The predicted molar refractivity (Wildman–Crippen MR) is 80.3 cm³/mol. The number of halogens is 3. The maximum absolute atomic E-state index is 12.2. The summed E-state index contributed by atoms with van der Waals surface area (Å²) in [7, 11) is 1.88. The number of ether oxygens (including phenoxy) is 1. The molecule has 0 aromatic heterocycles. The maximum atomic E-state index is 12.2. The van der Waals surface area contributed by atoms with Gasteiger partial charge in [0, 0.05) is 7.05 Å². The van der Waals surface area contributed by atoms with Gasteiger partial charge in [-0.15, -0.1) is 13.2 Å². The van der Waals surface area contributed by atoms with E-state index in [2.05, 4.69) is 10.1 Å². The fourth-order valence-electron chi connectivity index (χ4n) is 2.63. The van der Waals surface area contributed by atoms with Crippen molar-refractivity contribution in [2.45, 2.75) is 19.1 Å². The summed E-state index contributed by atoms with van der Waals surface area (Å²) in [5, 5.41) is 12.5. The highest BCUT2D eigenvalue weighted by Crippen LogP contribution is 2.40. The van der Waals surface area contributed by atoms with Gasteiger partial charge >= 0.3 is 6.36 Å². The van der Waals surface area contributed by atoms with Gasteiger partial charge in [-0.1, -0.05) is 18.2 Å². The molecule has 0 fully saturated rings. The minimum atomic E-state index is -4.69. The van der Waals surface area contributed by atoms with Crippen LogP contribution >= 0.6 is 0 Å². The van der Waals surface area contributed by atoms with Crippen molar-refractivity contribution >= 4 is 11.4 Å². The van der Waals surface area contributed by atoms with E-state index in [1.165, 1.54) is 12.1 Å². The summed E-state index contributed by atoms with van der Waals surface area (Å²) < 4.78 is 40.5. The summed E-state index contributed by atoms with van der Waals surface area (Å²) in [6, 6.07) is 11.3. The van der Waals surface area contributed by atoms with Gasteiger partial charge in [0.15, 0.2) is 0 Å². The first-order valence-electron chi connectivity index (χ1n) is 6.96. The van der Waals surface area contributed by atoms with Gasteiger partial charge in [-0.3, -0.25) is 0 Å². The van der Waals surface area contributed by atoms with E-state index in [-0.39, 0.29) is 18.5 Å². The standard InChI is InChI=1S/C16H15F3N2O2/c1-21-14-8-10(9-22)2-7-13(14)20-15(21)11-3-5-12(6-4-11)23-16(17,18)19/h2-8,15,20,22H,9H2,1H3. The van der Waals surface area contributed by atoms with Crippen molar-refractivity contribution in [1.29, 1.82) is 0 Å². The van der Waals surface area contributed by atoms with E-state index in [4.69, 9.17) is 0 Å². The van der Waals surface area contributed by atoms with Crippen molar-refractivity contribution in [1.82, 2.24) is 0 Å². The molecule has 1 heterocycles. The van der Waals surface area contributed by atoms with E-state index >= 15 is 0 Å². The second-order valence-corrected chi connectivity index (χ2v) is 5.28. The summed E-state index contributed by atoms with van der Waals surface area (Å²) in [6.07, 6.45) is -4.89. The zero-order chi connectivity index (χ0) is 16.6. The molecule has 1 unspecified atom stereocenters. The van der Waals surface area contributed by atoms with E-state index in [1.807, 2.05) is 30.1 Å². The minimum Gasteiger partial charge on any atom is -0.406 e. The van der Waals surface area contributed by atoms with Crippen LogP contribution in [-0.2, 0) is 6.61 Å². The molecule has 3 rings (SSSR count). The predicted octanol–water partition coefficient (Wildman–Crippen LogP) is 3.64. The molecule has 0 saturated heterocycles. The Labute approximate surface area is 131 Å². The Morgan fingerprint density at radius 2 is 1.87 bits per heavy atom. The molecular formula is C16H15F3N2O2. The van der Waals surface area contributed by atoms with Crippen molar-refractivity contribution < 1.29 is 23.0 Å². The van der Waals surface area contributed by atoms with Gasteiger partial charge in [-0.25, -0.2) is 0 Å². The van der Waals surface area contributed by atoms with E-state index in [0.717, 1.165) is 22.5 Å². The first-order valence-corrected chi connectivity index (χ1v) is 6.96. The summed E-state index contributed by atoms with van der Waals surface area (Å²) in [4.78, 5) is 1.97. The number of hydrogen-bond acceptors (Lipinski definition) is 4. The average Bonchev–Trinajstić information content (AvgIpc) is 2.83. The van der Waals surface area contributed by atoms with Gasteiger partial charge in [0.05, 0.1) is 18.0 Å². The van der Waals surface area contributed by atoms with Crippen LogP contribution in [0.25, 0.3) is 0 Å². The molecule has 2 N–H and O–H groups in total. The van der Waals surface area contributed by atoms with E-state index in [0.29, 0.717) is 0 Å². The number of nitrogens with zero attached hydrogens (tertiary/aromatic N) is 1. The number of anilines is 2. The van der Waals surface area contributed by atoms with Crippen molar-refractivity contribution in [2.75, 3.05) is 17.3 Å². The summed E-state index contributed by atoms with van der Waals surface area (Å²) >= 11 is 0. The molecule has 4 nitrogen and oxygen atoms in total. The van der Waals surface area contributed by atoms with Gasteiger partial charge in [-0.05, 0) is 35.4 Å². The highest BCUT2D eigenvalue weighted by molar-refractivity contribution is 5.77. The lowest BCUT2D eigenvalue weighted by Crippen LogP contribution is -2.23.